The van der Waals surface area contributed by atoms with Gasteiger partial charge in [-0.2, -0.15) is 0 Å². The Morgan fingerprint density at radius 2 is 2.04 bits per heavy atom. The zero-order chi connectivity index (χ0) is 14.8. The highest BCUT2D eigenvalue weighted by Crippen LogP contribution is 2.27. The Kier molecular flexibility index (Phi) is 4.99. The number of para-hydroxylation sites is 1. The third-order valence-corrected chi connectivity index (χ3v) is 4.62. The Morgan fingerprint density at radius 3 is 2.91 bits per heavy atom. The first-order valence-corrected chi connectivity index (χ1v) is 8.10. The number of hydrogen-bond acceptors (Lipinski definition) is 2. The Hall–Kier alpha value is -1.84. The van der Waals surface area contributed by atoms with Gasteiger partial charge in [0.2, 0.25) is 0 Å². The van der Waals surface area contributed by atoms with Crippen molar-refractivity contribution in [2.45, 2.75) is 25.8 Å². The second-order valence-electron chi connectivity index (χ2n) is 6.12. The standard InChI is InChI=1S/C19H21N3.ClH/c1-2-8-18-16(7-1)17-14-22(12-9-19(17)21-18)11-4-6-15-5-3-10-20-13-15;/h1-3,5,7-8,10,13,21H,4,6,9,11-12,14H2;1H. The number of aromatic amines is 1. The van der Waals surface area contributed by atoms with Gasteiger partial charge in [0.1, 0.15) is 0 Å². The molecule has 1 aromatic carbocycles. The summed E-state index contributed by atoms with van der Waals surface area (Å²) in [7, 11) is 0. The van der Waals surface area contributed by atoms with Crippen LogP contribution in [-0.4, -0.2) is 28.0 Å². The molecule has 0 bridgehead atoms. The number of pyridine rings is 1. The van der Waals surface area contributed by atoms with Crippen LogP contribution in [0.1, 0.15) is 23.2 Å². The van der Waals surface area contributed by atoms with Gasteiger partial charge in [0.15, 0.2) is 0 Å². The van der Waals surface area contributed by atoms with Crippen molar-refractivity contribution in [2.24, 2.45) is 0 Å². The number of benzene rings is 1. The first-order chi connectivity index (χ1) is 10.9. The predicted molar refractivity (Wildman–Crippen MR) is 97.1 cm³/mol. The number of halogens is 1. The average Bonchev–Trinajstić information content (AvgIpc) is 2.94. The van der Waals surface area contributed by atoms with E-state index in [0.29, 0.717) is 0 Å². The van der Waals surface area contributed by atoms with Crippen LogP contribution in [0.25, 0.3) is 10.9 Å². The van der Waals surface area contributed by atoms with Crippen molar-refractivity contribution in [1.82, 2.24) is 14.9 Å². The smallest absolute Gasteiger partial charge is 0.0459 e. The van der Waals surface area contributed by atoms with Crippen molar-refractivity contribution in [2.75, 3.05) is 13.1 Å². The summed E-state index contributed by atoms with van der Waals surface area (Å²) in [6.07, 6.45) is 7.27. The molecule has 0 saturated carbocycles. The zero-order valence-electron chi connectivity index (χ0n) is 13.2. The molecule has 0 aliphatic carbocycles. The summed E-state index contributed by atoms with van der Waals surface area (Å²) in [6.45, 7) is 3.40. The molecule has 0 unspecified atom stereocenters. The van der Waals surface area contributed by atoms with Crippen LogP contribution in [0.4, 0.5) is 0 Å². The predicted octanol–water partition coefficient (Wildman–Crippen LogP) is 3.98. The Labute approximate surface area is 143 Å². The fourth-order valence-electron chi connectivity index (χ4n) is 3.47. The van der Waals surface area contributed by atoms with Gasteiger partial charge in [-0.3, -0.25) is 9.88 Å². The summed E-state index contributed by atoms with van der Waals surface area (Å²) >= 11 is 0. The van der Waals surface area contributed by atoms with E-state index in [-0.39, 0.29) is 12.4 Å². The number of fused-ring (bicyclic) bond motifs is 3. The molecule has 3 aromatic rings. The van der Waals surface area contributed by atoms with Crippen LogP contribution in [-0.2, 0) is 19.4 Å². The van der Waals surface area contributed by atoms with Crippen LogP contribution in [0.2, 0.25) is 0 Å². The summed E-state index contributed by atoms with van der Waals surface area (Å²) in [4.78, 5) is 10.4. The maximum atomic E-state index is 4.19. The van der Waals surface area contributed by atoms with Crippen LogP contribution in [0.3, 0.4) is 0 Å². The number of aromatic nitrogens is 2. The molecule has 120 valence electrons. The van der Waals surface area contributed by atoms with E-state index in [4.69, 9.17) is 0 Å². The fourth-order valence-corrected chi connectivity index (χ4v) is 3.47. The third-order valence-electron chi connectivity index (χ3n) is 4.62. The monoisotopic (exact) mass is 327 g/mol. The molecule has 0 atom stereocenters. The van der Waals surface area contributed by atoms with Crippen LogP contribution < -0.4 is 0 Å². The molecule has 0 fully saturated rings. The van der Waals surface area contributed by atoms with E-state index < -0.39 is 0 Å². The van der Waals surface area contributed by atoms with Crippen LogP contribution in [0.15, 0.2) is 48.8 Å². The van der Waals surface area contributed by atoms with E-state index in [9.17, 15) is 0 Å². The van der Waals surface area contributed by atoms with Crippen LogP contribution in [0.5, 0.6) is 0 Å². The molecule has 4 rings (SSSR count). The van der Waals surface area contributed by atoms with Crippen molar-refractivity contribution < 1.29 is 0 Å². The SMILES string of the molecule is Cl.c1cncc(CCCN2CCc3[nH]c4ccccc4c3C2)c1. The first-order valence-electron chi connectivity index (χ1n) is 8.10. The third kappa shape index (κ3) is 3.41. The van der Waals surface area contributed by atoms with Gasteiger partial charge in [0.05, 0.1) is 0 Å². The Morgan fingerprint density at radius 1 is 1.13 bits per heavy atom. The van der Waals surface area contributed by atoms with E-state index in [0.717, 1.165) is 32.5 Å². The van der Waals surface area contributed by atoms with Gasteiger partial charge in [-0.15, -0.1) is 12.4 Å². The zero-order valence-corrected chi connectivity index (χ0v) is 14.0. The molecule has 2 aromatic heterocycles. The number of nitrogens with one attached hydrogen (secondary N) is 1. The van der Waals surface area contributed by atoms with Crippen LogP contribution in [0, 0.1) is 0 Å². The molecule has 0 spiro atoms. The summed E-state index contributed by atoms with van der Waals surface area (Å²) in [5.41, 5.74) is 5.56. The number of nitrogens with zero attached hydrogens (tertiary/aromatic N) is 2. The lowest BCUT2D eigenvalue weighted by Crippen LogP contribution is -2.31. The Bertz CT molecular complexity index is 767. The molecule has 0 saturated heterocycles. The quantitative estimate of drug-likeness (QED) is 0.786. The van der Waals surface area contributed by atoms with Gasteiger partial charge >= 0.3 is 0 Å². The molecule has 0 amide bonds. The molecule has 3 nitrogen and oxygen atoms in total. The minimum absolute atomic E-state index is 0. The topological polar surface area (TPSA) is 31.9 Å². The first kappa shape index (κ1) is 16.0. The Balaban J connectivity index is 0.00000156. The van der Waals surface area contributed by atoms with E-state index in [2.05, 4.69) is 45.2 Å². The molecule has 4 heteroatoms. The number of rotatable bonds is 4. The van der Waals surface area contributed by atoms with Gasteiger partial charge in [-0.25, -0.2) is 0 Å². The fraction of sp³-hybridized carbons (Fsp3) is 0.316. The summed E-state index contributed by atoms with van der Waals surface area (Å²) < 4.78 is 0. The molecule has 3 heterocycles. The lowest BCUT2D eigenvalue weighted by atomic mass is 10.0. The molecule has 0 radical (unpaired) electrons. The van der Waals surface area contributed by atoms with Gasteiger partial charge < -0.3 is 4.98 Å². The highest BCUT2D eigenvalue weighted by molar-refractivity contribution is 5.85. The lowest BCUT2D eigenvalue weighted by Gasteiger charge is -2.27. The van der Waals surface area contributed by atoms with E-state index in [1.807, 2.05) is 18.5 Å². The lowest BCUT2D eigenvalue weighted by molar-refractivity contribution is 0.251. The van der Waals surface area contributed by atoms with E-state index in [1.165, 1.54) is 34.1 Å². The van der Waals surface area contributed by atoms with Gasteiger partial charge in [-0.1, -0.05) is 24.3 Å². The average molecular weight is 328 g/mol. The normalized spacial score (nSPS) is 14.4. The minimum atomic E-state index is 0. The summed E-state index contributed by atoms with van der Waals surface area (Å²) in [6, 6.07) is 12.9. The van der Waals surface area contributed by atoms with Crippen molar-refractivity contribution >= 4 is 23.3 Å². The summed E-state index contributed by atoms with van der Waals surface area (Å²) in [5, 5.41) is 1.40. The molecule has 1 aliphatic heterocycles. The van der Waals surface area contributed by atoms with Gasteiger partial charge in [0.25, 0.3) is 0 Å². The van der Waals surface area contributed by atoms with Crippen LogP contribution >= 0.6 is 12.4 Å². The number of hydrogen-bond donors (Lipinski definition) is 1. The number of aryl methyl sites for hydroxylation is 1. The highest BCUT2D eigenvalue weighted by atomic mass is 35.5. The van der Waals surface area contributed by atoms with Crippen molar-refractivity contribution in [3.63, 3.8) is 0 Å². The van der Waals surface area contributed by atoms with Crippen molar-refractivity contribution in [1.29, 1.82) is 0 Å². The van der Waals surface area contributed by atoms with E-state index in [1.54, 1.807) is 0 Å². The maximum absolute atomic E-state index is 4.19. The van der Waals surface area contributed by atoms with Crippen molar-refractivity contribution in [3.8, 4) is 0 Å². The molecular formula is C19H22ClN3. The second kappa shape index (κ2) is 7.16. The van der Waals surface area contributed by atoms with E-state index >= 15 is 0 Å². The molecule has 1 aliphatic rings. The number of H-pyrrole nitrogens is 1. The molecule has 23 heavy (non-hydrogen) atoms. The van der Waals surface area contributed by atoms with Gasteiger partial charge in [-0.05, 0) is 42.6 Å². The summed E-state index contributed by atoms with van der Waals surface area (Å²) in [5.74, 6) is 0. The molecule has 1 N–H and O–H groups in total. The maximum Gasteiger partial charge on any atom is 0.0459 e. The molecular weight excluding hydrogens is 306 g/mol. The second-order valence-corrected chi connectivity index (χ2v) is 6.12. The van der Waals surface area contributed by atoms with Crippen molar-refractivity contribution in [3.05, 3.63) is 65.6 Å². The van der Waals surface area contributed by atoms with Gasteiger partial charge in [0, 0.05) is 48.5 Å². The minimum Gasteiger partial charge on any atom is -0.358 e. The largest absolute Gasteiger partial charge is 0.358 e. The highest BCUT2D eigenvalue weighted by Gasteiger charge is 2.19.